The minimum absolute atomic E-state index is 0.148. The molecule has 2 aromatic carbocycles. The van der Waals surface area contributed by atoms with Crippen LogP contribution in [0.5, 0.6) is 23.0 Å². The Labute approximate surface area is 118 Å². The van der Waals surface area contributed by atoms with Gasteiger partial charge in [-0.05, 0) is 30.7 Å². The van der Waals surface area contributed by atoms with Crippen molar-refractivity contribution in [3.05, 3.63) is 48.5 Å². The van der Waals surface area contributed by atoms with Gasteiger partial charge in [0.1, 0.15) is 23.0 Å². The molecular weight excluding hydrogens is 256 g/mol. The van der Waals surface area contributed by atoms with Gasteiger partial charge in [0.2, 0.25) is 6.29 Å². The molecular formula is C16H18O4. The fourth-order valence-corrected chi connectivity index (χ4v) is 1.79. The zero-order chi connectivity index (χ0) is 14.4. The van der Waals surface area contributed by atoms with Crippen molar-refractivity contribution < 1.29 is 19.7 Å². The Bertz CT molecular complexity index is 506. The van der Waals surface area contributed by atoms with Crippen molar-refractivity contribution in [1.29, 1.82) is 0 Å². The van der Waals surface area contributed by atoms with Crippen LogP contribution in [0.1, 0.15) is 19.8 Å². The van der Waals surface area contributed by atoms with E-state index in [4.69, 9.17) is 9.47 Å². The van der Waals surface area contributed by atoms with E-state index in [0.29, 0.717) is 17.9 Å². The summed E-state index contributed by atoms with van der Waals surface area (Å²) in [4.78, 5) is 0. The maximum absolute atomic E-state index is 9.43. The molecule has 2 rings (SSSR count). The molecule has 0 atom stereocenters. The van der Waals surface area contributed by atoms with Crippen LogP contribution in [-0.4, -0.2) is 16.5 Å². The van der Waals surface area contributed by atoms with Crippen molar-refractivity contribution in [3.63, 3.8) is 0 Å². The molecule has 20 heavy (non-hydrogen) atoms. The lowest BCUT2D eigenvalue weighted by Crippen LogP contribution is -2.23. The summed E-state index contributed by atoms with van der Waals surface area (Å²) in [5.41, 5.74) is 0. The summed E-state index contributed by atoms with van der Waals surface area (Å²) in [6.07, 6.45) is 1.12. The first kappa shape index (κ1) is 14.1. The Morgan fingerprint density at radius 1 is 0.900 bits per heavy atom. The molecule has 0 saturated heterocycles. The highest BCUT2D eigenvalue weighted by atomic mass is 16.7. The van der Waals surface area contributed by atoms with Gasteiger partial charge < -0.3 is 19.7 Å². The standard InChI is InChI=1S/C16H18O4/c1-2-5-16(19-14-8-3-6-12(17)10-14)20-15-9-4-7-13(18)11-15/h3-4,6-11,16-18H,2,5H2,1H3. The predicted molar refractivity (Wildman–Crippen MR) is 76.2 cm³/mol. The first-order valence-electron chi connectivity index (χ1n) is 6.58. The smallest absolute Gasteiger partial charge is 0.241 e. The van der Waals surface area contributed by atoms with E-state index in [1.807, 2.05) is 6.92 Å². The van der Waals surface area contributed by atoms with Gasteiger partial charge in [-0.25, -0.2) is 0 Å². The third-order valence-corrected chi connectivity index (χ3v) is 2.69. The number of phenolic OH excluding ortho intramolecular Hbond substituents is 2. The molecule has 0 spiro atoms. The van der Waals surface area contributed by atoms with Crippen LogP contribution in [0.4, 0.5) is 0 Å². The predicted octanol–water partition coefficient (Wildman–Crippen LogP) is 3.68. The average Bonchev–Trinajstić information content (AvgIpc) is 2.39. The van der Waals surface area contributed by atoms with Crippen LogP contribution in [-0.2, 0) is 0 Å². The molecule has 0 unspecified atom stereocenters. The Morgan fingerprint density at radius 2 is 1.40 bits per heavy atom. The molecule has 0 fully saturated rings. The lowest BCUT2D eigenvalue weighted by atomic mass is 10.3. The Hall–Kier alpha value is -2.36. The molecule has 0 aliphatic carbocycles. The van der Waals surface area contributed by atoms with Crippen molar-refractivity contribution in [2.24, 2.45) is 0 Å². The summed E-state index contributed by atoms with van der Waals surface area (Å²) in [6.45, 7) is 2.03. The quantitative estimate of drug-likeness (QED) is 0.789. The largest absolute Gasteiger partial charge is 0.508 e. The molecule has 0 aromatic heterocycles. The summed E-state index contributed by atoms with van der Waals surface area (Å²) in [5, 5.41) is 18.9. The summed E-state index contributed by atoms with van der Waals surface area (Å²) in [7, 11) is 0. The van der Waals surface area contributed by atoms with Crippen LogP contribution in [0.15, 0.2) is 48.5 Å². The first-order chi connectivity index (χ1) is 9.67. The van der Waals surface area contributed by atoms with Crippen LogP contribution in [0, 0.1) is 0 Å². The third kappa shape index (κ3) is 4.09. The van der Waals surface area contributed by atoms with E-state index in [1.165, 1.54) is 12.1 Å². The van der Waals surface area contributed by atoms with Gasteiger partial charge in [0, 0.05) is 18.6 Å². The van der Waals surface area contributed by atoms with Gasteiger partial charge in [-0.1, -0.05) is 19.1 Å². The Morgan fingerprint density at radius 3 is 1.80 bits per heavy atom. The lowest BCUT2D eigenvalue weighted by molar-refractivity contribution is -0.00125. The maximum Gasteiger partial charge on any atom is 0.241 e. The summed E-state index contributed by atoms with van der Waals surface area (Å²) in [5.74, 6) is 1.39. The fraction of sp³-hybridized carbons (Fsp3) is 0.250. The zero-order valence-corrected chi connectivity index (χ0v) is 11.3. The van der Waals surface area contributed by atoms with Crippen LogP contribution in [0.3, 0.4) is 0 Å². The van der Waals surface area contributed by atoms with Gasteiger partial charge in [-0.15, -0.1) is 0 Å². The summed E-state index contributed by atoms with van der Waals surface area (Å²) < 4.78 is 11.4. The third-order valence-electron chi connectivity index (χ3n) is 2.69. The van der Waals surface area contributed by atoms with E-state index >= 15 is 0 Å². The highest BCUT2D eigenvalue weighted by Crippen LogP contribution is 2.23. The number of phenols is 2. The second kappa shape index (κ2) is 6.70. The van der Waals surface area contributed by atoms with Crippen LogP contribution in [0.2, 0.25) is 0 Å². The normalized spacial score (nSPS) is 10.5. The number of aromatic hydroxyl groups is 2. The molecule has 0 heterocycles. The Balaban J connectivity index is 2.07. The molecule has 0 radical (unpaired) electrons. The molecule has 2 N–H and O–H groups in total. The highest BCUT2D eigenvalue weighted by molar-refractivity contribution is 5.33. The monoisotopic (exact) mass is 274 g/mol. The first-order valence-corrected chi connectivity index (χ1v) is 6.58. The maximum atomic E-state index is 9.43. The summed E-state index contributed by atoms with van der Waals surface area (Å²) >= 11 is 0. The number of hydrogen-bond acceptors (Lipinski definition) is 4. The molecule has 4 heteroatoms. The topological polar surface area (TPSA) is 58.9 Å². The number of ether oxygens (including phenoxy) is 2. The van der Waals surface area contributed by atoms with E-state index in [-0.39, 0.29) is 11.5 Å². The SMILES string of the molecule is CCCC(Oc1cccc(O)c1)Oc1cccc(O)c1. The molecule has 106 valence electrons. The van der Waals surface area contributed by atoms with Crippen molar-refractivity contribution >= 4 is 0 Å². The van der Waals surface area contributed by atoms with E-state index in [0.717, 1.165) is 6.42 Å². The van der Waals surface area contributed by atoms with Gasteiger partial charge in [0.05, 0.1) is 0 Å². The second-order valence-electron chi connectivity index (χ2n) is 4.45. The van der Waals surface area contributed by atoms with Crippen LogP contribution < -0.4 is 9.47 Å². The van der Waals surface area contributed by atoms with Gasteiger partial charge in [0.15, 0.2) is 0 Å². The fourth-order valence-electron chi connectivity index (χ4n) is 1.79. The number of benzene rings is 2. The highest BCUT2D eigenvalue weighted by Gasteiger charge is 2.12. The van der Waals surface area contributed by atoms with Crippen LogP contribution >= 0.6 is 0 Å². The van der Waals surface area contributed by atoms with E-state index < -0.39 is 6.29 Å². The molecule has 4 nitrogen and oxygen atoms in total. The van der Waals surface area contributed by atoms with Gasteiger partial charge in [-0.2, -0.15) is 0 Å². The van der Waals surface area contributed by atoms with Gasteiger partial charge >= 0.3 is 0 Å². The summed E-state index contributed by atoms with van der Waals surface area (Å²) in [6, 6.07) is 13.2. The molecule has 0 saturated carbocycles. The number of rotatable bonds is 6. The van der Waals surface area contributed by atoms with Crippen LogP contribution in [0.25, 0.3) is 0 Å². The zero-order valence-electron chi connectivity index (χ0n) is 11.3. The average molecular weight is 274 g/mol. The molecule has 2 aromatic rings. The van der Waals surface area contributed by atoms with E-state index in [9.17, 15) is 10.2 Å². The minimum atomic E-state index is -0.469. The van der Waals surface area contributed by atoms with E-state index in [2.05, 4.69) is 0 Å². The van der Waals surface area contributed by atoms with Gasteiger partial charge in [0.25, 0.3) is 0 Å². The molecule has 0 aliphatic rings. The number of hydrogen-bond donors (Lipinski definition) is 2. The molecule has 0 aliphatic heterocycles. The molecule has 0 amide bonds. The molecule has 0 bridgehead atoms. The van der Waals surface area contributed by atoms with Crippen molar-refractivity contribution in [3.8, 4) is 23.0 Å². The lowest BCUT2D eigenvalue weighted by Gasteiger charge is -2.20. The van der Waals surface area contributed by atoms with Gasteiger partial charge in [-0.3, -0.25) is 0 Å². The van der Waals surface area contributed by atoms with E-state index in [1.54, 1.807) is 36.4 Å². The minimum Gasteiger partial charge on any atom is -0.508 e. The Kier molecular flexibility index (Phi) is 4.71. The van der Waals surface area contributed by atoms with Crippen molar-refractivity contribution in [2.75, 3.05) is 0 Å². The van der Waals surface area contributed by atoms with Crippen molar-refractivity contribution in [1.82, 2.24) is 0 Å². The van der Waals surface area contributed by atoms with Crippen molar-refractivity contribution in [2.45, 2.75) is 26.1 Å². The second-order valence-corrected chi connectivity index (χ2v) is 4.45.